The molecule has 0 spiro atoms. The molecular weight excluding hydrogens is 284 g/mol. The number of hydrogen-bond donors (Lipinski definition) is 1. The van der Waals surface area contributed by atoms with E-state index < -0.39 is 0 Å². The molecule has 2 N–H and O–H groups in total. The van der Waals surface area contributed by atoms with Gasteiger partial charge in [0.15, 0.2) is 0 Å². The largest absolute Gasteiger partial charge is 0.328 e. The van der Waals surface area contributed by atoms with E-state index in [4.69, 9.17) is 5.73 Å². The van der Waals surface area contributed by atoms with Crippen LogP contribution >= 0.6 is 27.3 Å². The zero-order valence-corrected chi connectivity index (χ0v) is 11.4. The van der Waals surface area contributed by atoms with Gasteiger partial charge in [0.2, 0.25) is 0 Å². The van der Waals surface area contributed by atoms with Crippen molar-refractivity contribution in [3.8, 4) is 10.6 Å². The quantitative estimate of drug-likeness (QED) is 0.942. The first kappa shape index (κ1) is 11.8. The smallest absolute Gasteiger partial charge is 0.123 e. The summed E-state index contributed by atoms with van der Waals surface area (Å²) in [4.78, 5) is 4.57. The normalized spacial score (nSPS) is 12.7. The monoisotopic (exact) mass is 296 g/mol. The molecule has 0 saturated carbocycles. The van der Waals surface area contributed by atoms with Gasteiger partial charge in [0.05, 0.1) is 5.69 Å². The summed E-state index contributed by atoms with van der Waals surface area (Å²) in [5, 5.41) is 3.14. The Kier molecular flexibility index (Phi) is 3.74. The number of rotatable bonds is 3. The lowest BCUT2D eigenvalue weighted by molar-refractivity contribution is 0.726. The molecule has 0 fully saturated rings. The van der Waals surface area contributed by atoms with Gasteiger partial charge in [0.1, 0.15) is 5.01 Å². The van der Waals surface area contributed by atoms with Crippen molar-refractivity contribution in [2.45, 2.75) is 19.4 Å². The molecule has 0 aliphatic heterocycles. The minimum atomic E-state index is 0.167. The highest BCUT2D eigenvalue weighted by Crippen LogP contribution is 2.25. The summed E-state index contributed by atoms with van der Waals surface area (Å²) in [6, 6.07) is 8.36. The molecule has 1 aromatic carbocycles. The Morgan fingerprint density at radius 3 is 2.69 bits per heavy atom. The Morgan fingerprint density at radius 2 is 2.06 bits per heavy atom. The van der Waals surface area contributed by atoms with Gasteiger partial charge in [0.25, 0.3) is 0 Å². The van der Waals surface area contributed by atoms with E-state index in [1.54, 1.807) is 11.3 Å². The van der Waals surface area contributed by atoms with Crippen LogP contribution in [0.25, 0.3) is 10.6 Å². The molecule has 1 unspecified atom stereocenters. The Balaban J connectivity index is 2.21. The third kappa shape index (κ3) is 2.90. The second kappa shape index (κ2) is 5.08. The second-order valence-electron chi connectivity index (χ2n) is 3.83. The molecule has 2 nitrogen and oxygen atoms in total. The summed E-state index contributed by atoms with van der Waals surface area (Å²) in [7, 11) is 0. The number of nitrogens with two attached hydrogens (primary N) is 1. The molecule has 1 heterocycles. The van der Waals surface area contributed by atoms with E-state index in [1.807, 2.05) is 19.1 Å². The predicted molar refractivity (Wildman–Crippen MR) is 72.6 cm³/mol. The molecule has 4 heteroatoms. The van der Waals surface area contributed by atoms with Crippen molar-refractivity contribution in [2.75, 3.05) is 0 Å². The fraction of sp³-hybridized carbons (Fsp3) is 0.250. The van der Waals surface area contributed by atoms with Crippen LogP contribution < -0.4 is 5.73 Å². The van der Waals surface area contributed by atoms with E-state index in [9.17, 15) is 0 Å². The first-order chi connectivity index (χ1) is 7.65. The molecule has 0 amide bonds. The van der Waals surface area contributed by atoms with Crippen molar-refractivity contribution in [1.29, 1.82) is 0 Å². The van der Waals surface area contributed by atoms with E-state index in [2.05, 4.69) is 38.4 Å². The van der Waals surface area contributed by atoms with Crippen LogP contribution in [-0.4, -0.2) is 11.0 Å². The molecule has 16 heavy (non-hydrogen) atoms. The zero-order chi connectivity index (χ0) is 11.5. The van der Waals surface area contributed by atoms with E-state index in [-0.39, 0.29) is 6.04 Å². The van der Waals surface area contributed by atoms with Gasteiger partial charge in [-0.05, 0) is 19.1 Å². The van der Waals surface area contributed by atoms with Gasteiger partial charge in [-0.1, -0.05) is 28.1 Å². The van der Waals surface area contributed by atoms with Crippen LogP contribution in [0.4, 0.5) is 0 Å². The van der Waals surface area contributed by atoms with E-state index >= 15 is 0 Å². The molecule has 1 aromatic heterocycles. The highest BCUT2D eigenvalue weighted by Gasteiger charge is 2.06. The van der Waals surface area contributed by atoms with E-state index in [1.165, 1.54) is 0 Å². The maximum Gasteiger partial charge on any atom is 0.123 e. The number of nitrogens with zero attached hydrogens (tertiary/aromatic N) is 1. The van der Waals surface area contributed by atoms with Crippen molar-refractivity contribution < 1.29 is 0 Å². The van der Waals surface area contributed by atoms with Crippen LogP contribution in [0.1, 0.15) is 12.6 Å². The first-order valence-electron chi connectivity index (χ1n) is 5.11. The molecule has 84 valence electrons. The molecule has 0 saturated heterocycles. The predicted octanol–water partition coefficient (Wildman–Crippen LogP) is 3.46. The number of thiazole rings is 1. The molecule has 1 atom stereocenters. The summed E-state index contributed by atoms with van der Waals surface area (Å²) >= 11 is 5.09. The topological polar surface area (TPSA) is 38.9 Å². The standard InChI is InChI=1S/C12H13BrN2S/c1-8(14)6-11-7-16-12(15-11)9-2-4-10(13)5-3-9/h2-5,7-8H,6,14H2,1H3. The minimum absolute atomic E-state index is 0.167. The minimum Gasteiger partial charge on any atom is -0.328 e. The fourth-order valence-corrected chi connectivity index (χ4v) is 2.56. The van der Waals surface area contributed by atoms with E-state index in [0.29, 0.717) is 0 Å². The van der Waals surface area contributed by atoms with Crippen LogP contribution in [0.15, 0.2) is 34.1 Å². The lowest BCUT2D eigenvalue weighted by Crippen LogP contribution is -2.17. The molecule has 0 radical (unpaired) electrons. The third-order valence-corrected chi connectivity index (χ3v) is 3.64. The van der Waals surface area contributed by atoms with Crippen molar-refractivity contribution in [3.63, 3.8) is 0 Å². The van der Waals surface area contributed by atoms with Crippen molar-refractivity contribution >= 4 is 27.3 Å². The average Bonchev–Trinajstić information content (AvgIpc) is 2.66. The van der Waals surface area contributed by atoms with Crippen molar-refractivity contribution in [2.24, 2.45) is 5.73 Å². The molecule has 2 rings (SSSR count). The maximum absolute atomic E-state index is 5.75. The Morgan fingerprint density at radius 1 is 1.38 bits per heavy atom. The molecule has 0 aliphatic carbocycles. The van der Waals surface area contributed by atoms with Crippen LogP contribution in [0.3, 0.4) is 0 Å². The van der Waals surface area contributed by atoms with Gasteiger partial charge < -0.3 is 5.73 Å². The number of halogens is 1. The molecule has 2 aromatic rings. The summed E-state index contributed by atoms with van der Waals surface area (Å²) in [6.07, 6.45) is 0.840. The van der Waals surface area contributed by atoms with Crippen LogP contribution in [-0.2, 0) is 6.42 Å². The Bertz CT molecular complexity index is 462. The highest BCUT2D eigenvalue weighted by molar-refractivity contribution is 9.10. The summed E-state index contributed by atoms with van der Waals surface area (Å²) in [5.74, 6) is 0. The average molecular weight is 297 g/mol. The SMILES string of the molecule is CC(N)Cc1csc(-c2ccc(Br)cc2)n1. The molecule has 0 bridgehead atoms. The lowest BCUT2D eigenvalue weighted by atomic mass is 10.2. The van der Waals surface area contributed by atoms with Gasteiger partial charge in [-0.25, -0.2) is 4.98 Å². The van der Waals surface area contributed by atoms with Gasteiger partial charge >= 0.3 is 0 Å². The van der Waals surface area contributed by atoms with Gasteiger partial charge in [-0.2, -0.15) is 0 Å². The maximum atomic E-state index is 5.75. The summed E-state index contributed by atoms with van der Waals surface area (Å²) in [5.41, 5.74) is 7.99. The number of benzene rings is 1. The van der Waals surface area contributed by atoms with Crippen molar-refractivity contribution in [3.05, 3.63) is 39.8 Å². The first-order valence-corrected chi connectivity index (χ1v) is 6.78. The summed E-state index contributed by atoms with van der Waals surface area (Å²) < 4.78 is 1.09. The summed E-state index contributed by atoms with van der Waals surface area (Å²) in [6.45, 7) is 2.00. The number of hydrogen-bond acceptors (Lipinski definition) is 3. The molecule has 0 aliphatic rings. The molecular formula is C12H13BrN2S. The van der Waals surface area contributed by atoms with Crippen molar-refractivity contribution in [1.82, 2.24) is 4.98 Å². The third-order valence-electron chi connectivity index (χ3n) is 2.17. The fourth-order valence-electron chi connectivity index (χ4n) is 1.46. The van der Waals surface area contributed by atoms with Crippen LogP contribution in [0.2, 0.25) is 0 Å². The van der Waals surface area contributed by atoms with Gasteiger partial charge in [-0.15, -0.1) is 11.3 Å². The highest BCUT2D eigenvalue weighted by atomic mass is 79.9. The Hall–Kier alpha value is -0.710. The van der Waals surface area contributed by atoms with Crippen LogP contribution in [0.5, 0.6) is 0 Å². The lowest BCUT2D eigenvalue weighted by Gasteiger charge is -2.00. The Labute approximate surface area is 108 Å². The van der Waals surface area contributed by atoms with Gasteiger partial charge in [0, 0.05) is 27.9 Å². The van der Waals surface area contributed by atoms with E-state index in [0.717, 1.165) is 27.2 Å². The zero-order valence-electron chi connectivity index (χ0n) is 8.98. The second-order valence-corrected chi connectivity index (χ2v) is 5.61. The van der Waals surface area contributed by atoms with Crippen LogP contribution in [0, 0.1) is 0 Å². The number of aromatic nitrogens is 1. The van der Waals surface area contributed by atoms with Gasteiger partial charge in [-0.3, -0.25) is 0 Å².